The van der Waals surface area contributed by atoms with Gasteiger partial charge in [0.05, 0.1) is 5.02 Å². The molecule has 7 heteroatoms. The number of likely N-dealkylation sites (N-methyl/N-ethyl adjacent to an activating group) is 1. The van der Waals surface area contributed by atoms with Crippen molar-refractivity contribution in [2.75, 3.05) is 26.7 Å². The molecule has 1 aromatic carbocycles. The highest BCUT2D eigenvalue weighted by molar-refractivity contribution is 6.35. The third-order valence-corrected chi connectivity index (χ3v) is 5.97. The lowest BCUT2D eigenvalue weighted by Gasteiger charge is -2.42. The number of benzene rings is 1. The smallest absolute Gasteiger partial charge is 0.260 e. The van der Waals surface area contributed by atoms with E-state index in [2.05, 4.69) is 4.90 Å². The van der Waals surface area contributed by atoms with Crippen molar-refractivity contribution >= 4 is 41.5 Å². The molecule has 1 saturated carbocycles. The van der Waals surface area contributed by atoms with E-state index in [0.29, 0.717) is 21.8 Å². The molecule has 0 radical (unpaired) electrons. The van der Waals surface area contributed by atoms with Crippen molar-refractivity contribution in [1.82, 2.24) is 9.80 Å². The zero-order valence-corrected chi connectivity index (χ0v) is 17.5. The van der Waals surface area contributed by atoms with E-state index in [1.54, 1.807) is 18.2 Å². The van der Waals surface area contributed by atoms with Crippen LogP contribution in [0.3, 0.4) is 0 Å². The van der Waals surface area contributed by atoms with Gasteiger partial charge in [-0.3, -0.25) is 9.69 Å². The number of likely N-dealkylation sites (tertiary alicyclic amines) is 1. The van der Waals surface area contributed by atoms with Crippen molar-refractivity contribution in [3.63, 3.8) is 0 Å². The molecule has 3 rings (SSSR count). The first kappa shape index (κ1) is 21.6. The number of hydrogen-bond donors (Lipinski definition) is 0. The minimum Gasteiger partial charge on any atom is -0.482 e. The fourth-order valence-corrected chi connectivity index (χ4v) is 4.52. The molecule has 1 aliphatic carbocycles. The average Bonchev–Trinajstić information content (AvgIpc) is 3.14. The van der Waals surface area contributed by atoms with E-state index in [-0.39, 0.29) is 31.0 Å². The summed E-state index contributed by atoms with van der Waals surface area (Å²) in [6.45, 7) is 2.33. The Labute approximate surface area is 172 Å². The van der Waals surface area contributed by atoms with Crippen LogP contribution in [0.4, 0.5) is 0 Å². The van der Waals surface area contributed by atoms with Crippen molar-refractivity contribution in [2.24, 2.45) is 0 Å². The van der Waals surface area contributed by atoms with Gasteiger partial charge in [-0.2, -0.15) is 0 Å². The molecular weight excluding hydrogens is 395 g/mol. The molecule has 0 spiro atoms. The molecule has 2 fully saturated rings. The first-order valence-corrected chi connectivity index (χ1v) is 9.89. The van der Waals surface area contributed by atoms with Crippen LogP contribution in [0.5, 0.6) is 5.75 Å². The Balaban J connectivity index is 0.00000243. The lowest BCUT2D eigenvalue weighted by Crippen LogP contribution is -2.53. The van der Waals surface area contributed by atoms with Crippen LogP contribution in [0.25, 0.3) is 0 Å². The Morgan fingerprint density at radius 3 is 2.58 bits per heavy atom. The second-order valence-electron chi connectivity index (χ2n) is 7.03. The Hall–Kier alpha value is -0.680. The number of nitrogens with zero attached hydrogens (tertiary/aromatic N) is 2. The van der Waals surface area contributed by atoms with Gasteiger partial charge < -0.3 is 9.64 Å². The number of ether oxygens (including phenoxy) is 1. The van der Waals surface area contributed by atoms with Crippen LogP contribution < -0.4 is 4.74 Å². The van der Waals surface area contributed by atoms with Crippen LogP contribution in [-0.2, 0) is 4.79 Å². The average molecular weight is 422 g/mol. The van der Waals surface area contributed by atoms with Crippen LogP contribution in [0.15, 0.2) is 18.2 Å². The monoisotopic (exact) mass is 420 g/mol. The quantitative estimate of drug-likeness (QED) is 0.693. The molecule has 4 nitrogen and oxygen atoms in total. The van der Waals surface area contributed by atoms with E-state index in [0.717, 1.165) is 6.42 Å². The molecular formula is C19H27Cl3N2O2. The molecule has 1 aromatic rings. The summed E-state index contributed by atoms with van der Waals surface area (Å²) in [4.78, 5) is 17.1. The molecule has 2 unspecified atom stereocenters. The van der Waals surface area contributed by atoms with Gasteiger partial charge in [0.25, 0.3) is 5.91 Å². The van der Waals surface area contributed by atoms with E-state index < -0.39 is 0 Å². The Bertz CT molecular complexity index is 608. The fraction of sp³-hybridized carbons (Fsp3) is 0.632. The summed E-state index contributed by atoms with van der Waals surface area (Å²) in [5.41, 5.74) is 0. The SMILES string of the molecule is CN(C(=O)COc1ccc(Cl)cc1Cl)C1CCCCC1N1CCCC1.Cl. The predicted octanol–water partition coefficient (Wildman–Crippen LogP) is 4.66. The third kappa shape index (κ3) is 5.19. The number of hydrogen-bond acceptors (Lipinski definition) is 3. The van der Waals surface area contributed by atoms with Crippen molar-refractivity contribution in [1.29, 1.82) is 0 Å². The minimum atomic E-state index is 0. The van der Waals surface area contributed by atoms with Gasteiger partial charge in [-0.1, -0.05) is 36.0 Å². The largest absolute Gasteiger partial charge is 0.482 e. The number of halogens is 3. The highest BCUT2D eigenvalue weighted by Crippen LogP contribution is 2.30. The van der Waals surface area contributed by atoms with E-state index in [1.807, 2.05) is 11.9 Å². The van der Waals surface area contributed by atoms with Crippen molar-refractivity contribution in [2.45, 2.75) is 50.6 Å². The second-order valence-corrected chi connectivity index (χ2v) is 7.87. The van der Waals surface area contributed by atoms with E-state index in [1.165, 1.54) is 45.2 Å². The van der Waals surface area contributed by atoms with Crippen LogP contribution in [0, 0.1) is 0 Å². The van der Waals surface area contributed by atoms with Crippen molar-refractivity contribution < 1.29 is 9.53 Å². The summed E-state index contributed by atoms with van der Waals surface area (Å²) in [5.74, 6) is 0.495. The Morgan fingerprint density at radius 1 is 1.19 bits per heavy atom. The Morgan fingerprint density at radius 2 is 1.88 bits per heavy atom. The first-order valence-electron chi connectivity index (χ1n) is 9.14. The minimum absolute atomic E-state index is 0. The molecule has 1 aliphatic heterocycles. The highest BCUT2D eigenvalue weighted by Gasteiger charge is 2.35. The maximum atomic E-state index is 12.7. The lowest BCUT2D eigenvalue weighted by atomic mass is 9.88. The second kappa shape index (κ2) is 10.0. The van der Waals surface area contributed by atoms with Crippen LogP contribution in [0.2, 0.25) is 10.0 Å². The number of carbonyl (C=O) groups is 1. The van der Waals surface area contributed by atoms with Gasteiger partial charge >= 0.3 is 0 Å². The van der Waals surface area contributed by atoms with Gasteiger partial charge in [0.15, 0.2) is 6.61 Å². The highest BCUT2D eigenvalue weighted by atomic mass is 35.5. The molecule has 2 aliphatic rings. The van der Waals surface area contributed by atoms with Gasteiger partial charge in [-0.25, -0.2) is 0 Å². The molecule has 1 saturated heterocycles. The first-order chi connectivity index (χ1) is 12.1. The van der Waals surface area contributed by atoms with E-state index in [9.17, 15) is 4.79 Å². The standard InChI is InChI=1S/C19H26Cl2N2O2.ClH/c1-22(16-6-2-3-7-17(16)23-10-4-5-11-23)19(24)13-25-18-9-8-14(20)12-15(18)21;/h8-9,12,16-17H,2-7,10-11,13H2,1H3;1H. The number of rotatable bonds is 5. The summed E-state index contributed by atoms with van der Waals surface area (Å²) >= 11 is 12.0. The molecule has 0 aromatic heterocycles. The van der Waals surface area contributed by atoms with Crippen LogP contribution in [0.1, 0.15) is 38.5 Å². The van der Waals surface area contributed by atoms with Crippen LogP contribution >= 0.6 is 35.6 Å². The van der Waals surface area contributed by atoms with E-state index in [4.69, 9.17) is 27.9 Å². The summed E-state index contributed by atoms with van der Waals surface area (Å²) in [6.07, 6.45) is 7.27. The third-order valence-electron chi connectivity index (χ3n) is 5.44. The topological polar surface area (TPSA) is 32.8 Å². The lowest BCUT2D eigenvalue weighted by molar-refractivity contribution is -0.136. The fourth-order valence-electron chi connectivity index (χ4n) is 4.06. The molecule has 0 N–H and O–H groups in total. The summed E-state index contributed by atoms with van der Waals surface area (Å²) in [6, 6.07) is 5.80. The normalized spacial score (nSPS) is 23.3. The Kier molecular flexibility index (Phi) is 8.34. The zero-order valence-electron chi connectivity index (χ0n) is 15.1. The van der Waals surface area contributed by atoms with Gasteiger partial charge in [-0.05, 0) is 57.0 Å². The maximum absolute atomic E-state index is 12.7. The molecule has 1 amide bonds. The maximum Gasteiger partial charge on any atom is 0.260 e. The van der Waals surface area contributed by atoms with Crippen molar-refractivity contribution in [3.05, 3.63) is 28.2 Å². The number of amides is 1. The summed E-state index contributed by atoms with van der Waals surface area (Å²) < 4.78 is 5.63. The van der Waals surface area contributed by atoms with Gasteiger partial charge in [0, 0.05) is 24.2 Å². The van der Waals surface area contributed by atoms with Gasteiger partial charge in [0.1, 0.15) is 5.75 Å². The molecule has 2 atom stereocenters. The molecule has 146 valence electrons. The van der Waals surface area contributed by atoms with Gasteiger partial charge in [-0.15, -0.1) is 12.4 Å². The van der Waals surface area contributed by atoms with Crippen LogP contribution in [-0.4, -0.2) is 54.5 Å². The summed E-state index contributed by atoms with van der Waals surface area (Å²) in [5, 5.41) is 0.979. The molecule has 1 heterocycles. The van der Waals surface area contributed by atoms with Gasteiger partial charge in [0.2, 0.25) is 0 Å². The van der Waals surface area contributed by atoms with E-state index >= 15 is 0 Å². The molecule has 26 heavy (non-hydrogen) atoms. The zero-order chi connectivity index (χ0) is 17.8. The number of carbonyl (C=O) groups excluding carboxylic acids is 1. The molecule has 0 bridgehead atoms. The predicted molar refractivity (Wildman–Crippen MR) is 109 cm³/mol. The van der Waals surface area contributed by atoms with Crippen molar-refractivity contribution in [3.8, 4) is 5.75 Å². The summed E-state index contributed by atoms with van der Waals surface area (Å²) in [7, 11) is 1.91.